The first kappa shape index (κ1) is 21.0. The molecule has 1 aromatic heterocycles. The number of aromatic nitrogens is 1. The molecule has 0 saturated heterocycles. The predicted octanol–water partition coefficient (Wildman–Crippen LogP) is 3.88. The highest BCUT2D eigenvalue weighted by Gasteiger charge is 2.36. The average Bonchev–Trinajstić information content (AvgIpc) is 2.70. The molecule has 3 rings (SSSR count). The number of hydrogen-bond acceptors (Lipinski definition) is 4. The van der Waals surface area contributed by atoms with Gasteiger partial charge < -0.3 is 20.1 Å². The zero-order valence-corrected chi connectivity index (χ0v) is 17.1. The fraction of sp³-hybridized carbons (Fsp3) is 0.455. The Kier molecular flexibility index (Phi) is 7.41. The molecule has 29 heavy (non-hydrogen) atoms. The van der Waals surface area contributed by atoms with Crippen molar-refractivity contribution in [3.63, 3.8) is 0 Å². The first-order chi connectivity index (χ1) is 14.1. The normalized spacial score (nSPS) is 15.5. The van der Waals surface area contributed by atoms with Crippen LogP contribution in [0.3, 0.4) is 0 Å². The second-order valence-corrected chi connectivity index (χ2v) is 7.40. The number of halogens is 1. The van der Waals surface area contributed by atoms with Crippen molar-refractivity contribution in [2.45, 2.75) is 32.2 Å². The molecule has 0 bridgehead atoms. The van der Waals surface area contributed by atoms with E-state index < -0.39 is 0 Å². The van der Waals surface area contributed by atoms with Gasteiger partial charge in [0.15, 0.2) is 5.96 Å². The molecular weight excluding hydrogens is 371 g/mol. The van der Waals surface area contributed by atoms with Gasteiger partial charge in [-0.1, -0.05) is 18.6 Å². The summed E-state index contributed by atoms with van der Waals surface area (Å²) in [6.45, 7) is 2.14. The van der Waals surface area contributed by atoms with Crippen LogP contribution in [0.25, 0.3) is 0 Å². The highest BCUT2D eigenvalue weighted by Crippen LogP contribution is 2.43. The monoisotopic (exact) mass is 400 g/mol. The molecule has 1 saturated carbocycles. The third kappa shape index (κ3) is 5.90. The summed E-state index contributed by atoms with van der Waals surface area (Å²) in [5.74, 6) is 1.24. The summed E-state index contributed by atoms with van der Waals surface area (Å²) in [6, 6.07) is 9.80. The molecule has 0 spiro atoms. The minimum absolute atomic E-state index is 0.299. The number of methoxy groups -OCH3 is 1. The number of benzene rings is 1. The van der Waals surface area contributed by atoms with Crippen LogP contribution in [-0.2, 0) is 11.3 Å². The number of pyridine rings is 1. The van der Waals surface area contributed by atoms with Crippen molar-refractivity contribution in [1.29, 1.82) is 0 Å². The first-order valence-corrected chi connectivity index (χ1v) is 9.95. The van der Waals surface area contributed by atoms with Crippen molar-refractivity contribution in [2.24, 2.45) is 10.4 Å². The van der Waals surface area contributed by atoms with Gasteiger partial charge in [-0.3, -0.25) is 4.99 Å². The van der Waals surface area contributed by atoms with Crippen molar-refractivity contribution >= 4 is 5.96 Å². The maximum atomic E-state index is 13.4. The smallest absolute Gasteiger partial charge is 0.224 e. The third-order valence-corrected chi connectivity index (χ3v) is 5.41. The van der Waals surface area contributed by atoms with Crippen LogP contribution in [0, 0.1) is 11.2 Å². The molecular formula is C22H29FN4O2. The summed E-state index contributed by atoms with van der Waals surface area (Å²) in [6.07, 6.45) is 6.42. The zero-order chi connectivity index (χ0) is 20.5. The minimum Gasteiger partial charge on any atom is -0.439 e. The van der Waals surface area contributed by atoms with Crippen LogP contribution in [0.2, 0.25) is 0 Å². The molecule has 1 heterocycles. The molecule has 0 atom stereocenters. The van der Waals surface area contributed by atoms with Gasteiger partial charge in [0.2, 0.25) is 5.88 Å². The van der Waals surface area contributed by atoms with Crippen LogP contribution >= 0.6 is 0 Å². The number of guanidine groups is 1. The fourth-order valence-electron chi connectivity index (χ4n) is 3.47. The lowest BCUT2D eigenvalue weighted by Gasteiger charge is -2.42. The number of nitrogens with zero attached hydrogens (tertiary/aromatic N) is 2. The quantitative estimate of drug-likeness (QED) is 0.494. The molecule has 1 fully saturated rings. The van der Waals surface area contributed by atoms with Crippen LogP contribution < -0.4 is 15.4 Å². The van der Waals surface area contributed by atoms with Gasteiger partial charge in [-0.2, -0.15) is 0 Å². The SMILES string of the molecule is CN=C(NCc1cccnc1Oc1cccc(F)c1)NCC1(CCOC)CCC1. The van der Waals surface area contributed by atoms with Gasteiger partial charge in [0.05, 0.1) is 0 Å². The second-order valence-electron chi connectivity index (χ2n) is 7.40. The van der Waals surface area contributed by atoms with Gasteiger partial charge in [-0.05, 0) is 42.9 Å². The van der Waals surface area contributed by atoms with E-state index in [2.05, 4.69) is 20.6 Å². The maximum absolute atomic E-state index is 13.4. The lowest BCUT2D eigenvalue weighted by Crippen LogP contribution is -2.46. The predicted molar refractivity (Wildman–Crippen MR) is 112 cm³/mol. The van der Waals surface area contributed by atoms with E-state index in [0.29, 0.717) is 23.6 Å². The van der Waals surface area contributed by atoms with Crippen LogP contribution in [0.5, 0.6) is 11.6 Å². The van der Waals surface area contributed by atoms with Gasteiger partial charge in [-0.25, -0.2) is 9.37 Å². The number of rotatable bonds is 9. The molecule has 0 aliphatic heterocycles. The largest absolute Gasteiger partial charge is 0.439 e. The summed E-state index contributed by atoms with van der Waals surface area (Å²) in [5, 5.41) is 6.75. The van der Waals surface area contributed by atoms with Crippen LogP contribution in [0.15, 0.2) is 47.6 Å². The average molecular weight is 400 g/mol. The molecule has 2 aromatic rings. The topological polar surface area (TPSA) is 67.8 Å². The Morgan fingerprint density at radius 3 is 2.79 bits per heavy atom. The third-order valence-electron chi connectivity index (χ3n) is 5.41. The molecule has 1 aliphatic rings. The van der Waals surface area contributed by atoms with E-state index in [4.69, 9.17) is 9.47 Å². The highest BCUT2D eigenvalue weighted by molar-refractivity contribution is 5.79. The summed E-state index contributed by atoms with van der Waals surface area (Å²) in [4.78, 5) is 8.61. The first-order valence-electron chi connectivity index (χ1n) is 9.95. The number of ether oxygens (including phenoxy) is 2. The minimum atomic E-state index is -0.346. The van der Waals surface area contributed by atoms with Crippen molar-refractivity contribution in [3.05, 3.63) is 54.0 Å². The molecule has 1 aromatic carbocycles. The second kappa shape index (κ2) is 10.2. The van der Waals surface area contributed by atoms with E-state index in [1.807, 2.05) is 12.1 Å². The molecule has 2 N–H and O–H groups in total. The van der Waals surface area contributed by atoms with E-state index in [1.54, 1.807) is 32.5 Å². The maximum Gasteiger partial charge on any atom is 0.224 e. The lowest BCUT2D eigenvalue weighted by molar-refractivity contribution is 0.0732. The molecule has 6 nitrogen and oxygen atoms in total. The number of hydrogen-bond donors (Lipinski definition) is 2. The Morgan fingerprint density at radius 2 is 2.10 bits per heavy atom. The van der Waals surface area contributed by atoms with Crippen molar-refractivity contribution in [1.82, 2.24) is 15.6 Å². The molecule has 0 amide bonds. The van der Waals surface area contributed by atoms with Crippen molar-refractivity contribution < 1.29 is 13.9 Å². The molecule has 0 radical (unpaired) electrons. The van der Waals surface area contributed by atoms with E-state index in [9.17, 15) is 4.39 Å². The number of nitrogens with one attached hydrogen (secondary N) is 2. The van der Waals surface area contributed by atoms with Crippen LogP contribution in [0.4, 0.5) is 4.39 Å². The zero-order valence-electron chi connectivity index (χ0n) is 17.1. The van der Waals surface area contributed by atoms with Gasteiger partial charge in [0.1, 0.15) is 11.6 Å². The van der Waals surface area contributed by atoms with E-state index in [0.717, 1.165) is 31.1 Å². The van der Waals surface area contributed by atoms with Crippen molar-refractivity contribution in [2.75, 3.05) is 27.3 Å². The Balaban J connectivity index is 1.57. The Morgan fingerprint density at radius 1 is 1.24 bits per heavy atom. The molecule has 7 heteroatoms. The summed E-state index contributed by atoms with van der Waals surface area (Å²) < 4.78 is 24.5. The van der Waals surface area contributed by atoms with E-state index in [-0.39, 0.29) is 5.82 Å². The number of aliphatic imine (C=N–C) groups is 1. The summed E-state index contributed by atoms with van der Waals surface area (Å²) >= 11 is 0. The van der Waals surface area contributed by atoms with Gasteiger partial charge in [0, 0.05) is 51.7 Å². The summed E-state index contributed by atoms with van der Waals surface area (Å²) in [7, 11) is 3.50. The van der Waals surface area contributed by atoms with Crippen LogP contribution in [0.1, 0.15) is 31.2 Å². The van der Waals surface area contributed by atoms with Crippen molar-refractivity contribution in [3.8, 4) is 11.6 Å². The van der Waals surface area contributed by atoms with Crippen LogP contribution in [-0.4, -0.2) is 38.3 Å². The fourth-order valence-corrected chi connectivity index (χ4v) is 3.47. The molecule has 156 valence electrons. The van der Waals surface area contributed by atoms with Gasteiger partial charge in [-0.15, -0.1) is 0 Å². The molecule has 0 unspecified atom stereocenters. The summed E-state index contributed by atoms with van der Waals surface area (Å²) in [5.41, 5.74) is 1.16. The Bertz CT molecular complexity index is 824. The Labute approximate surface area is 171 Å². The standard InChI is InChI=1S/C22H29FN4O2/c1-24-21(27-16-22(9-5-10-22)11-13-28-2)26-15-17-6-4-12-25-20(17)29-19-8-3-7-18(23)14-19/h3-4,6-8,12,14H,5,9-11,13,15-16H2,1-2H3,(H2,24,26,27). The van der Waals surface area contributed by atoms with Gasteiger partial charge >= 0.3 is 0 Å². The molecule has 1 aliphatic carbocycles. The highest BCUT2D eigenvalue weighted by atomic mass is 19.1. The van der Waals surface area contributed by atoms with E-state index in [1.165, 1.54) is 31.4 Å². The van der Waals surface area contributed by atoms with Gasteiger partial charge in [0.25, 0.3) is 0 Å². The van der Waals surface area contributed by atoms with E-state index >= 15 is 0 Å². The Hall–Kier alpha value is -2.67. The lowest BCUT2D eigenvalue weighted by atomic mass is 9.67.